The molecule has 1 unspecified atom stereocenters. The van der Waals surface area contributed by atoms with Gasteiger partial charge < -0.3 is 21.1 Å². The van der Waals surface area contributed by atoms with Gasteiger partial charge in [0, 0.05) is 30.9 Å². The monoisotopic (exact) mass is 368 g/mol. The van der Waals surface area contributed by atoms with Crippen molar-refractivity contribution in [2.24, 2.45) is 5.73 Å². The maximum Gasteiger partial charge on any atom is 0.316 e. The molecule has 142 valence electrons. The van der Waals surface area contributed by atoms with Crippen LogP contribution in [0.1, 0.15) is 22.0 Å². The first-order valence-electron chi connectivity index (χ1n) is 8.94. The lowest BCUT2D eigenvalue weighted by Gasteiger charge is -2.31. The molecular weight excluding hydrogens is 344 g/mol. The number of anilines is 1. The zero-order valence-corrected chi connectivity index (χ0v) is 15.1. The summed E-state index contributed by atoms with van der Waals surface area (Å²) in [7, 11) is 0. The van der Waals surface area contributed by atoms with Gasteiger partial charge in [0.2, 0.25) is 0 Å². The SMILES string of the molecule is NC(=O)Nc1ccc(C(=O)NC(CN2CCOCC2)c2ccccc2)cc1. The van der Waals surface area contributed by atoms with Crippen LogP contribution in [0.25, 0.3) is 0 Å². The van der Waals surface area contributed by atoms with Crippen molar-refractivity contribution >= 4 is 17.6 Å². The fourth-order valence-corrected chi connectivity index (χ4v) is 3.05. The summed E-state index contributed by atoms with van der Waals surface area (Å²) >= 11 is 0. The van der Waals surface area contributed by atoms with Crippen molar-refractivity contribution < 1.29 is 14.3 Å². The predicted octanol–water partition coefficient (Wildman–Crippen LogP) is 1.98. The molecule has 0 aromatic heterocycles. The third kappa shape index (κ3) is 5.54. The zero-order valence-electron chi connectivity index (χ0n) is 15.1. The van der Waals surface area contributed by atoms with Gasteiger partial charge in [-0.3, -0.25) is 9.69 Å². The topological polar surface area (TPSA) is 96.7 Å². The number of morpholine rings is 1. The third-order valence-electron chi connectivity index (χ3n) is 4.47. The molecule has 0 aliphatic carbocycles. The lowest BCUT2D eigenvalue weighted by molar-refractivity contribution is 0.0332. The van der Waals surface area contributed by atoms with Gasteiger partial charge >= 0.3 is 6.03 Å². The zero-order chi connectivity index (χ0) is 19.1. The van der Waals surface area contributed by atoms with E-state index in [9.17, 15) is 9.59 Å². The van der Waals surface area contributed by atoms with Crippen LogP contribution in [0.4, 0.5) is 10.5 Å². The van der Waals surface area contributed by atoms with Gasteiger partial charge in [-0.2, -0.15) is 0 Å². The lowest BCUT2D eigenvalue weighted by Crippen LogP contribution is -2.43. The normalized spacial score (nSPS) is 15.7. The Balaban J connectivity index is 1.70. The second kappa shape index (κ2) is 9.16. The van der Waals surface area contributed by atoms with E-state index >= 15 is 0 Å². The molecule has 7 nitrogen and oxygen atoms in total. The first-order valence-corrected chi connectivity index (χ1v) is 8.94. The summed E-state index contributed by atoms with van der Waals surface area (Å²) in [6.07, 6.45) is 0. The molecule has 2 aromatic carbocycles. The van der Waals surface area contributed by atoms with E-state index in [-0.39, 0.29) is 11.9 Å². The molecule has 1 atom stereocenters. The molecule has 2 aromatic rings. The van der Waals surface area contributed by atoms with Crippen LogP contribution in [0.3, 0.4) is 0 Å². The molecule has 1 aliphatic heterocycles. The highest BCUT2D eigenvalue weighted by Crippen LogP contribution is 2.17. The number of carbonyl (C=O) groups excluding carboxylic acids is 2. The van der Waals surface area contributed by atoms with Crippen LogP contribution in [-0.2, 0) is 4.74 Å². The van der Waals surface area contributed by atoms with Gasteiger partial charge in [0.05, 0.1) is 19.3 Å². The standard InChI is InChI=1S/C20H24N4O3/c21-20(26)22-17-8-6-16(7-9-17)19(25)23-18(15-4-2-1-3-5-15)14-24-10-12-27-13-11-24/h1-9,18H,10-14H2,(H,23,25)(H3,21,22,26). The molecular formula is C20H24N4O3. The summed E-state index contributed by atoms with van der Waals surface area (Å²) in [6.45, 7) is 3.85. The summed E-state index contributed by atoms with van der Waals surface area (Å²) in [4.78, 5) is 25.9. The average Bonchev–Trinajstić information content (AvgIpc) is 2.69. The van der Waals surface area contributed by atoms with Crippen molar-refractivity contribution in [1.29, 1.82) is 0 Å². The number of urea groups is 1. The Morgan fingerprint density at radius 2 is 1.70 bits per heavy atom. The van der Waals surface area contributed by atoms with E-state index in [4.69, 9.17) is 10.5 Å². The predicted molar refractivity (Wildman–Crippen MR) is 104 cm³/mol. The maximum absolute atomic E-state index is 12.7. The van der Waals surface area contributed by atoms with Crippen LogP contribution in [0.2, 0.25) is 0 Å². The number of hydrogen-bond donors (Lipinski definition) is 3. The number of hydrogen-bond acceptors (Lipinski definition) is 4. The minimum absolute atomic E-state index is 0.125. The minimum Gasteiger partial charge on any atom is -0.379 e. The number of rotatable bonds is 6. The van der Waals surface area contributed by atoms with Crippen LogP contribution >= 0.6 is 0 Å². The van der Waals surface area contributed by atoms with Gasteiger partial charge in [-0.25, -0.2) is 4.79 Å². The summed E-state index contributed by atoms with van der Waals surface area (Å²) in [6, 6.07) is 15.8. The maximum atomic E-state index is 12.7. The van der Waals surface area contributed by atoms with Crippen LogP contribution in [0, 0.1) is 0 Å². The van der Waals surface area contributed by atoms with Crippen molar-refractivity contribution in [2.45, 2.75) is 6.04 Å². The Bertz CT molecular complexity index is 759. The smallest absolute Gasteiger partial charge is 0.316 e. The molecule has 0 saturated carbocycles. The average molecular weight is 368 g/mol. The van der Waals surface area contributed by atoms with E-state index in [1.165, 1.54) is 0 Å². The molecule has 0 radical (unpaired) electrons. The molecule has 4 N–H and O–H groups in total. The summed E-state index contributed by atoms with van der Waals surface area (Å²) in [5, 5.41) is 5.60. The van der Waals surface area contributed by atoms with Gasteiger partial charge in [-0.1, -0.05) is 30.3 Å². The third-order valence-corrected chi connectivity index (χ3v) is 4.47. The van der Waals surface area contributed by atoms with Crippen LogP contribution in [0.5, 0.6) is 0 Å². The van der Waals surface area contributed by atoms with Gasteiger partial charge in [0.25, 0.3) is 5.91 Å². The Labute approximate surface area is 158 Å². The van der Waals surface area contributed by atoms with Crippen molar-refractivity contribution in [1.82, 2.24) is 10.2 Å². The van der Waals surface area contributed by atoms with Crippen molar-refractivity contribution in [3.63, 3.8) is 0 Å². The number of carbonyl (C=O) groups is 2. The van der Waals surface area contributed by atoms with Crippen LogP contribution in [-0.4, -0.2) is 49.7 Å². The van der Waals surface area contributed by atoms with E-state index < -0.39 is 6.03 Å². The number of nitrogens with two attached hydrogens (primary N) is 1. The molecule has 0 bridgehead atoms. The number of ether oxygens (including phenoxy) is 1. The Morgan fingerprint density at radius 1 is 1.04 bits per heavy atom. The van der Waals surface area contributed by atoms with Gasteiger partial charge in [-0.05, 0) is 29.8 Å². The van der Waals surface area contributed by atoms with Gasteiger partial charge in [0.1, 0.15) is 0 Å². The van der Waals surface area contributed by atoms with E-state index in [0.717, 1.165) is 25.2 Å². The van der Waals surface area contributed by atoms with Crippen LogP contribution < -0.4 is 16.4 Å². The lowest BCUT2D eigenvalue weighted by atomic mass is 10.1. The number of nitrogens with zero attached hydrogens (tertiary/aromatic N) is 1. The quantitative estimate of drug-likeness (QED) is 0.726. The number of nitrogens with one attached hydrogen (secondary N) is 2. The first-order chi connectivity index (χ1) is 13.1. The molecule has 1 fully saturated rings. The molecule has 1 heterocycles. The number of amides is 3. The summed E-state index contributed by atoms with van der Waals surface area (Å²) < 4.78 is 5.41. The van der Waals surface area contributed by atoms with Crippen LogP contribution in [0.15, 0.2) is 54.6 Å². The fourth-order valence-electron chi connectivity index (χ4n) is 3.05. The Hall–Kier alpha value is -2.90. The van der Waals surface area contributed by atoms with Crippen molar-refractivity contribution in [3.8, 4) is 0 Å². The second-order valence-electron chi connectivity index (χ2n) is 6.42. The molecule has 3 amide bonds. The van der Waals surface area contributed by atoms with E-state index in [0.29, 0.717) is 24.5 Å². The molecule has 0 spiro atoms. The van der Waals surface area contributed by atoms with Crippen molar-refractivity contribution in [3.05, 3.63) is 65.7 Å². The van der Waals surface area contributed by atoms with Gasteiger partial charge in [-0.15, -0.1) is 0 Å². The van der Waals surface area contributed by atoms with Gasteiger partial charge in [0.15, 0.2) is 0 Å². The molecule has 27 heavy (non-hydrogen) atoms. The van der Waals surface area contributed by atoms with E-state index in [1.54, 1.807) is 24.3 Å². The molecule has 1 aliphatic rings. The second-order valence-corrected chi connectivity index (χ2v) is 6.42. The van der Waals surface area contributed by atoms with E-state index in [2.05, 4.69) is 15.5 Å². The molecule has 1 saturated heterocycles. The summed E-state index contributed by atoms with van der Waals surface area (Å²) in [5.74, 6) is -0.164. The number of benzene rings is 2. The highest BCUT2D eigenvalue weighted by atomic mass is 16.5. The highest BCUT2D eigenvalue weighted by Gasteiger charge is 2.20. The molecule has 7 heteroatoms. The largest absolute Gasteiger partial charge is 0.379 e. The Kier molecular flexibility index (Phi) is 6.40. The Morgan fingerprint density at radius 3 is 2.33 bits per heavy atom. The summed E-state index contributed by atoms with van der Waals surface area (Å²) in [5.41, 5.74) is 7.23. The molecule has 3 rings (SSSR count). The minimum atomic E-state index is -0.637. The van der Waals surface area contributed by atoms with E-state index in [1.807, 2.05) is 30.3 Å². The highest BCUT2D eigenvalue weighted by molar-refractivity contribution is 5.95. The number of primary amides is 1. The van der Waals surface area contributed by atoms with Crippen molar-refractivity contribution in [2.75, 3.05) is 38.2 Å². The first kappa shape index (κ1) is 18.9. The fraction of sp³-hybridized carbons (Fsp3) is 0.300.